The second-order valence-electron chi connectivity index (χ2n) is 6.13. The zero-order valence-corrected chi connectivity index (χ0v) is 14.0. The summed E-state index contributed by atoms with van der Waals surface area (Å²) >= 11 is 0. The molecule has 6 heteroatoms. The lowest BCUT2D eigenvalue weighted by Gasteiger charge is -2.42. The Hall–Kier alpha value is -1.92. The van der Waals surface area contributed by atoms with Gasteiger partial charge in [-0.25, -0.2) is 0 Å². The summed E-state index contributed by atoms with van der Waals surface area (Å²) < 4.78 is 5.07. The first kappa shape index (κ1) is 17.4. The molecule has 1 aromatic rings. The highest BCUT2D eigenvalue weighted by atomic mass is 16.5. The molecule has 0 aliphatic carbocycles. The van der Waals surface area contributed by atoms with Crippen molar-refractivity contribution in [2.24, 2.45) is 5.73 Å². The van der Waals surface area contributed by atoms with Crippen molar-refractivity contribution in [2.75, 3.05) is 26.7 Å². The van der Waals surface area contributed by atoms with Gasteiger partial charge in [0, 0.05) is 38.3 Å². The fourth-order valence-corrected chi connectivity index (χ4v) is 2.95. The van der Waals surface area contributed by atoms with Gasteiger partial charge in [0.2, 0.25) is 5.91 Å². The smallest absolute Gasteiger partial charge is 0.253 e. The summed E-state index contributed by atoms with van der Waals surface area (Å²) in [5, 5.41) is 0. The van der Waals surface area contributed by atoms with E-state index < -0.39 is 6.04 Å². The Morgan fingerprint density at radius 3 is 2.43 bits per heavy atom. The van der Waals surface area contributed by atoms with Crippen molar-refractivity contribution in [3.63, 3.8) is 0 Å². The van der Waals surface area contributed by atoms with Gasteiger partial charge in [-0.2, -0.15) is 0 Å². The van der Waals surface area contributed by atoms with Gasteiger partial charge in [0.25, 0.3) is 5.91 Å². The number of rotatable bonds is 5. The predicted molar refractivity (Wildman–Crippen MR) is 87.9 cm³/mol. The van der Waals surface area contributed by atoms with Gasteiger partial charge >= 0.3 is 0 Å². The van der Waals surface area contributed by atoms with Crippen molar-refractivity contribution in [3.8, 4) is 0 Å². The van der Waals surface area contributed by atoms with E-state index in [1.165, 1.54) is 0 Å². The molecule has 126 valence electrons. The largest absolute Gasteiger partial charge is 0.380 e. The van der Waals surface area contributed by atoms with Crippen LogP contribution in [-0.2, 0) is 16.1 Å². The highest BCUT2D eigenvalue weighted by molar-refractivity contribution is 5.95. The van der Waals surface area contributed by atoms with Gasteiger partial charge in [-0.15, -0.1) is 0 Å². The van der Waals surface area contributed by atoms with Crippen LogP contribution in [0.25, 0.3) is 0 Å². The second-order valence-corrected chi connectivity index (χ2v) is 6.13. The number of carbonyl (C=O) groups excluding carboxylic acids is 2. The molecule has 23 heavy (non-hydrogen) atoms. The molecular weight excluding hydrogens is 294 g/mol. The molecule has 1 unspecified atom stereocenters. The molecule has 2 N–H and O–H groups in total. The molecule has 1 aliphatic heterocycles. The van der Waals surface area contributed by atoms with E-state index in [-0.39, 0.29) is 17.9 Å². The minimum atomic E-state index is -0.430. The number of hydrogen-bond donors (Lipinski definition) is 1. The number of nitrogens with two attached hydrogens (primary N) is 1. The monoisotopic (exact) mass is 319 g/mol. The fraction of sp³-hybridized carbons (Fsp3) is 0.529. The molecule has 1 saturated heterocycles. The summed E-state index contributed by atoms with van der Waals surface area (Å²) in [4.78, 5) is 28.1. The first-order chi connectivity index (χ1) is 10.9. The zero-order valence-electron chi connectivity index (χ0n) is 14.0. The third kappa shape index (κ3) is 4.09. The summed E-state index contributed by atoms with van der Waals surface area (Å²) in [6.45, 7) is 6.17. The van der Waals surface area contributed by atoms with Crippen LogP contribution in [0, 0.1) is 0 Å². The van der Waals surface area contributed by atoms with Crippen LogP contribution in [0.4, 0.5) is 0 Å². The maximum Gasteiger partial charge on any atom is 0.253 e. The molecule has 1 atom stereocenters. The molecule has 2 rings (SSSR count). The van der Waals surface area contributed by atoms with Crippen LogP contribution in [-0.4, -0.2) is 60.4 Å². The Kier molecular flexibility index (Phi) is 5.74. The van der Waals surface area contributed by atoms with E-state index >= 15 is 0 Å². The maximum absolute atomic E-state index is 12.6. The Morgan fingerprint density at radius 1 is 1.26 bits per heavy atom. The molecule has 2 amide bonds. The molecule has 0 aromatic heterocycles. The minimum absolute atomic E-state index is 0.0661. The van der Waals surface area contributed by atoms with Crippen LogP contribution in [0.1, 0.15) is 29.8 Å². The average Bonchev–Trinajstić information content (AvgIpc) is 2.54. The van der Waals surface area contributed by atoms with Crippen molar-refractivity contribution in [1.29, 1.82) is 0 Å². The highest BCUT2D eigenvalue weighted by Crippen LogP contribution is 2.16. The van der Waals surface area contributed by atoms with E-state index in [0.717, 1.165) is 5.56 Å². The van der Waals surface area contributed by atoms with Crippen LogP contribution < -0.4 is 5.73 Å². The molecule has 1 aliphatic rings. The lowest BCUT2D eigenvalue weighted by Crippen LogP contribution is -2.61. The summed E-state index contributed by atoms with van der Waals surface area (Å²) in [6.07, 6.45) is 0. The van der Waals surface area contributed by atoms with Crippen LogP contribution in [0.15, 0.2) is 24.3 Å². The maximum atomic E-state index is 12.6. The van der Waals surface area contributed by atoms with E-state index in [0.29, 0.717) is 31.8 Å². The number of ether oxygens (including phenoxy) is 1. The quantitative estimate of drug-likeness (QED) is 0.873. The van der Waals surface area contributed by atoms with Crippen LogP contribution in [0.3, 0.4) is 0 Å². The Bertz CT molecular complexity index is 557. The number of piperazine rings is 1. The number of primary amides is 1. The molecule has 1 fully saturated rings. The molecule has 1 aromatic carbocycles. The molecular formula is C17H25N3O3. The van der Waals surface area contributed by atoms with Gasteiger partial charge in [0.1, 0.15) is 6.04 Å². The average molecular weight is 319 g/mol. The molecule has 6 nitrogen and oxygen atoms in total. The summed E-state index contributed by atoms with van der Waals surface area (Å²) in [6, 6.07) is 7.15. The molecule has 0 radical (unpaired) electrons. The topological polar surface area (TPSA) is 75.9 Å². The Balaban J connectivity index is 2.09. The lowest BCUT2D eigenvalue weighted by molar-refractivity contribution is -0.126. The van der Waals surface area contributed by atoms with Gasteiger partial charge in [0.15, 0.2) is 0 Å². The van der Waals surface area contributed by atoms with Crippen molar-refractivity contribution in [1.82, 2.24) is 9.80 Å². The first-order valence-electron chi connectivity index (χ1n) is 7.86. The standard InChI is InChI=1S/C17H25N3O3/c1-12(2)20-9-8-19(10-15(20)16(18)21)17(22)14-6-4-13(5-7-14)11-23-3/h4-7,12,15H,8-11H2,1-3H3,(H2,18,21). The van der Waals surface area contributed by atoms with Gasteiger partial charge in [-0.1, -0.05) is 12.1 Å². The Morgan fingerprint density at radius 2 is 1.91 bits per heavy atom. The van der Waals surface area contributed by atoms with Crippen LogP contribution >= 0.6 is 0 Å². The lowest BCUT2D eigenvalue weighted by atomic mass is 10.1. The number of nitrogens with zero attached hydrogens (tertiary/aromatic N) is 2. The van der Waals surface area contributed by atoms with Crippen molar-refractivity contribution < 1.29 is 14.3 Å². The van der Waals surface area contributed by atoms with E-state index in [9.17, 15) is 9.59 Å². The number of amides is 2. The SMILES string of the molecule is COCc1ccc(C(=O)N2CCN(C(C)C)C(C(N)=O)C2)cc1. The zero-order chi connectivity index (χ0) is 17.0. The van der Waals surface area contributed by atoms with Gasteiger partial charge < -0.3 is 15.4 Å². The van der Waals surface area contributed by atoms with Crippen LogP contribution in [0.5, 0.6) is 0 Å². The van der Waals surface area contributed by atoms with Gasteiger partial charge in [-0.3, -0.25) is 14.5 Å². The van der Waals surface area contributed by atoms with Crippen molar-refractivity contribution in [3.05, 3.63) is 35.4 Å². The highest BCUT2D eigenvalue weighted by Gasteiger charge is 2.34. The van der Waals surface area contributed by atoms with E-state index in [1.807, 2.05) is 30.9 Å². The first-order valence-corrected chi connectivity index (χ1v) is 7.86. The van der Waals surface area contributed by atoms with Gasteiger partial charge in [0.05, 0.1) is 6.61 Å². The Labute approximate surface area is 137 Å². The third-order valence-corrected chi connectivity index (χ3v) is 4.21. The molecule has 0 spiro atoms. The van der Waals surface area contributed by atoms with Crippen molar-refractivity contribution >= 4 is 11.8 Å². The summed E-state index contributed by atoms with van der Waals surface area (Å²) in [5.41, 5.74) is 7.15. The van der Waals surface area contributed by atoms with Crippen molar-refractivity contribution in [2.45, 2.75) is 32.5 Å². The summed E-state index contributed by atoms with van der Waals surface area (Å²) in [5.74, 6) is -0.449. The minimum Gasteiger partial charge on any atom is -0.380 e. The number of benzene rings is 1. The van der Waals surface area contributed by atoms with Crippen LogP contribution in [0.2, 0.25) is 0 Å². The number of methoxy groups -OCH3 is 1. The van der Waals surface area contributed by atoms with E-state index in [4.69, 9.17) is 10.5 Å². The third-order valence-electron chi connectivity index (χ3n) is 4.21. The fourth-order valence-electron chi connectivity index (χ4n) is 2.95. The molecule has 1 heterocycles. The number of carbonyl (C=O) groups is 2. The molecule has 0 bridgehead atoms. The number of hydrogen-bond acceptors (Lipinski definition) is 4. The second kappa shape index (κ2) is 7.57. The van der Waals surface area contributed by atoms with Gasteiger partial charge in [-0.05, 0) is 31.5 Å². The normalized spacial score (nSPS) is 19.1. The van der Waals surface area contributed by atoms with E-state index in [1.54, 1.807) is 24.1 Å². The summed E-state index contributed by atoms with van der Waals surface area (Å²) in [7, 11) is 1.64. The predicted octanol–water partition coefficient (Wildman–Crippen LogP) is 0.853. The van der Waals surface area contributed by atoms with E-state index in [2.05, 4.69) is 0 Å². The molecule has 0 saturated carbocycles.